The third kappa shape index (κ3) is 2.62. The number of H-pyrrole nitrogens is 1. The molecule has 0 saturated heterocycles. The molecular weight excluding hydrogens is 324 g/mol. The molecule has 0 aliphatic carbocycles. The molecule has 0 aliphatic rings. The van der Waals surface area contributed by atoms with Crippen molar-refractivity contribution in [3.8, 4) is 17.1 Å². The molecule has 3 N–H and O–H groups in total. The van der Waals surface area contributed by atoms with Crippen molar-refractivity contribution < 1.29 is 4.74 Å². The Kier molecular flexibility index (Phi) is 3.92. The molecule has 0 atom stereocenters. The van der Waals surface area contributed by atoms with Gasteiger partial charge in [0.2, 0.25) is 0 Å². The highest BCUT2D eigenvalue weighted by atomic mass is 16.5. The van der Waals surface area contributed by atoms with E-state index in [0.717, 1.165) is 45.2 Å². The second-order valence-electron chi connectivity index (χ2n) is 6.51. The zero-order chi connectivity index (χ0) is 18.3. The number of methoxy groups -OCH3 is 1. The molecule has 5 nitrogen and oxygen atoms in total. The fourth-order valence-electron chi connectivity index (χ4n) is 3.38. The summed E-state index contributed by atoms with van der Waals surface area (Å²) in [7, 11) is 1.67. The predicted molar refractivity (Wildman–Crippen MR) is 106 cm³/mol. The summed E-state index contributed by atoms with van der Waals surface area (Å²) >= 11 is 0. The number of para-hydroxylation sites is 2. The number of hydrogen-bond donors (Lipinski definition) is 2. The number of fused-ring (bicyclic) bond motifs is 1. The maximum absolute atomic E-state index is 6.54. The summed E-state index contributed by atoms with van der Waals surface area (Å²) in [6.45, 7) is 4.91. The highest BCUT2D eigenvalue weighted by Gasteiger charge is 2.19. The van der Waals surface area contributed by atoms with Crippen LogP contribution in [0.2, 0.25) is 0 Å². The Hall–Kier alpha value is -3.21. The van der Waals surface area contributed by atoms with Gasteiger partial charge in [0.25, 0.3) is 0 Å². The molecule has 2 heterocycles. The fraction of sp³-hybridized carbons (Fsp3) is 0.190. The molecule has 4 rings (SSSR count). The van der Waals surface area contributed by atoms with Gasteiger partial charge in [0, 0.05) is 12.2 Å². The van der Waals surface area contributed by atoms with Gasteiger partial charge in [-0.2, -0.15) is 0 Å². The van der Waals surface area contributed by atoms with E-state index < -0.39 is 0 Å². The molecular formula is C21H22N4O. The number of aromatic amines is 1. The number of nitrogens with zero attached hydrogens (tertiary/aromatic N) is 2. The van der Waals surface area contributed by atoms with Gasteiger partial charge in [0.05, 0.1) is 23.7 Å². The molecule has 0 radical (unpaired) electrons. The van der Waals surface area contributed by atoms with Gasteiger partial charge in [-0.05, 0) is 49.2 Å². The first-order valence-corrected chi connectivity index (χ1v) is 8.61. The molecule has 0 unspecified atom stereocenters. The number of nitrogens with two attached hydrogens (primary N) is 1. The van der Waals surface area contributed by atoms with Crippen molar-refractivity contribution in [2.24, 2.45) is 0 Å². The lowest BCUT2D eigenvalue weighted by Gasteiger charge is -2.10. The lowest BCUT2D eigenvalue weighted by molar-refractivity contribution is 0.414. The van der Waals surface area contributed by atoms with Gasteiger partial charge in [-0.25, -0.2) is 4.98 Å². The van der Waals surface area contributed by atoms with Gasteiger partial charge in [-0.1, -0.05) is 24.3 Å². The molecule has 0 saturated carbocycles. The van der Waals surface area contributed by atoms with E-state index in [1.165, 1.54) is 5.56 Å². The Morgan fingerprint density at radius 3 is 2.50 bits per heavy atom. The number of anilines is 1. The molecule has 0 spiro atoms. The van der Waals surface area contributed by atoms with Crippen molar-refractivity contribution in [3.63, 3.8) is 0 Å². The minimum atomic E-state index is 0.711. The smallest absolute Gasteiger partial charge is 0.142 e. The van der Waals surface area contributed by atoms with Crippen molar-refractivity contribution in [2.75, 3.05) is 12.8 Å². The quantitative estimate of drug-likeness (QED) is 0.579. The Labute approximate surface area is 152 Å². The summed E-state index contributed by atoms with van der Waals surface area (Å²) in [5, 5.41) is 0. The number of nitrogens with one attached hydrogen (secondary N) is 1. The fourth-order valence-corrected chi connectivity index (χ4v) is 3.38. The lowest BCUT2D eigenvalue weighted by atomic mass is 10.1. The molecule has 5 heteroatoms. The second-order valence-corrected chi connectivity index (χ2v) is 6.51. The highest BCUT2D eigenvalue weighted by molar-refractivity contribution is 5.83. The van der Waals surface area contributed by atoms with Crippen LogP contribution in [0.1, 0.15) is 16.8 Å². The summed E-state index contributed by atoms with van der Waals surface area (Å²) in [6, 6.07) is 16.1. The summed E-state index contributed by atoms with van der Waals surface area (Å²) < 4.78 is 7.37. The van der Waals surface area contributed by atoms with E-state index in [2.05, 4.69) is 35.5 Å². The maximum atomic E-state index is 6.54. The summed E-state index contributed by atoms with van der Waals surface area (Å²) in [6.07, 6.45) is 0. The Morgan fingerprint density at radius 1 is 1.08 bits per heavy atom. The molecule has 0 bridgehead atoms. The number of aromatic nitrogens is 3. The average Bonchev–Trinajstić information content (AvgIpc) is 3.17. The van der Waals surface area contributed by atoms with Crippen LogP contribution in [0.15, 0.2) is 48.5 Å². The SMILES string of the molecule is COc1ccc(Cn2c(C)c(C)c(-c3nc4ccccc4[nH]3)c2N)cc1. The van der Waals surface area contributed by atoms with Gasteiger partial charge in [0.15, 0.2) is 0 Å². The van der Waals surface area contributed by atoms with Crippen LogP contribution in [-0.2, 0) is 6.54 Å². The Balaban J connectivity index is 1.76. The van der Waals surface area contributed by atoms with Crippen LogP contribution >= 0.6 is 0 Å². The Morgan fingerprint density at radius 2 is 1.81 bits per heavy atom. The largest absolute Gasteiger partial charge is 0.497 e. The number of imidazole rings is 1. The molecule has 0 fully saturated rings. The number of ether oxygens (including phenoxy) is 1. The van der Waals surface area contributed by atoms with Crippen molar-refractivity contribution in [1.82, 2.24) is 14.5 Å². The number of hydrogen-bond acceptors (Lipinski definition) is 3. The van der Waals surface area contributed by atoms with Gasteiger partial charge in [-0.15, -0.1) is 0 Å². The zero-order valence-corrected chi connectivity index (χ0v) is 15.2. The normalized spacial score (nSPS) is 11.2. The third-order valence-electron chi connectivity index (χ3n) is 5.00. The van der Waals surface area contributed by atoms with Crippen LogP contribution in [0.25, 0.3) is 22.4 Å². The van der Waals surface area contributed by atoms with E-state index in [-0.39, 0.29) is 0 Å². The summed E-state index contributed by atoms with van der Waals surface area (Å²) in [5.41, 5.74) is 12.9. The van der Waals surface area contributed by atoms with Crippen molar-refractivity contribution in [3.05, 3.63) is 65.4 Å². The first-order valence-electron chi connectivity index (χ1n) is 8.61. The minimum Gasteiger partial charge on any atom is -0.497 e. The van der Waals surface area contributed by atoms with Crippen LogP contribution in [0.5, 0.6) is 5.75 Å². The molecule has 132 valence electrons. The molecule has 26 heavy (non-hydrogen) atoms. The van der Waals surface area contributed by atoms with Crippen LogP contribution < -0.4 is 10.5 Å². The minimum absolute atomic E-state index is 0.711. The lowest BCUT2D eigenvalue weighted by Crippen LogP contribution is -2.06. The van der Waals surface area contributed by atoms with Crippen LogP contribution in [-0.4, -0.2) is 21.6 Å². The van der Waals surface area contributed by atoms with E-state index in [4.69, 9.17) is 15.5 Å². The molecule has 2 aromatic heterocycles. The van der Waals surface area contributed by atoms with E-state index >= 15 is 0 Å². The predicted octanol–water partition coefficient (Wildman–Crippen LogP) is 4.29. The molecule has 0 amide bonds. The van der Waals surface area contributed by atoms with Crippen molar-refractivity contribution in [1.29, 1.82) is 0 Å². The molecule has 2 aromatic carbocycles. The van der Waals surface area contributed by atoms with Gasteiger partial charge in [-0.3, -0.25) is 0 Å². The van der Waals surface area contributed by atoms with Crippen LogP contribution in [0.4, 0.5) is 5.82 Å². The second kappa shape index (κ2) is 6.26. The number of nitrogen functional groups attached to an aromatic ring is 1. The number of rotatable bonds is 4. The Bertz CT molecular complexity index is 1040. The first kappa shape index (κ1) is 16.3. The van der Waals surface area contributed by atoms with Crippen LogP contribution in [0, 0.1) is 13.8 Å². The monoisotopic (exact) mass is 346 g/mol. The van der Waals surface area contributed by atoms with Gasteiger partial charge in [0.1, 0.15) is 17.4 Å². The molecule has 0 aliphatic heterocycles. The number of benzene rings is 2. The van der Waals surface area contributed by atoms with E-state index in [9.17, 15) is 0 Å². The topological polar surface area (TPSA) is 68.9 Å². The van der Waals surface area contributed by atoms with Gasteiger partial charge < -0.3 is 20.0 Å². The van der Waals surface area contributed by atoms with Crippen molar-refractivity contribution in [2.45, 2.75) is 20.4 Å². The van der Waals surface area contributed by atoms with Gasteiger partial charge >= 0.3 is 0 Å². The van der Waals surface area contributed by atoms with Crippen molar-refractivity contribution >= 4 is 16.9 Å². The van der Waals surface area contributed by atoms with Crippen LogP contribution in [0.3, 0.4) is 0 Å². The van der Waals surface area contributed by atoms with E-state index in [1.54, 1.807) is 7.11 Å². The standard InChI is InChI=1S/C21H22N4O/c1-13-14(2)25(12-15-8-10-16(26-3)11-9-15)20(22)19(13)21-23-17-6-4-5-7-18(17)24-21/h4-11H,12,22H2,1-3H3,(H,23,24). The summed E-state index contributed by atoms with van der Waals surface area (Å²) in [5.74, 6) is 2.40. The third-order valence-corrected chi connectivity index (χ3v) is 5.00. The maximum Gasteiger partial charge on any atom is 0.142 e. The molecule has 4 aromatic rings. The first-order chi connectivity index (χ1) is 12.6. The summed E-state index contributed by atoms with van der Waals surface area (Å²) in [4.78, 5) is 8.12. The van der Waals surface area contributed by atoms with E-state index in [1.807, 2.05) is 36.4 Å². The average molecular weight is 346 g/mol. The van der Waals surface area contributed by atoms with E-state index in [0.29, 0.717) is 6.54 Å². The highest BCUT2D eigenvalue weighted by Crippen LogP contribution is 2.34. The zero-order valence-electron chi connectivity index (χ0n) is 15.2.